The molecule has 3 aromatic rings. The molecule has 5 nitrogen and oxygen atoms in total. The highest BCUT2D eigenvalue weighted by Crippen LogP contribution is 2.24. The maximum absolute atomic E-state index is 12.4. The first kappa shape index (κ1) is 17.7. The maximum atomic E-state index is 12.4. The van der Waals surface area contributed by atoms with E-state index in [4.69, 9.17) is 4.74 Å². The van der Waals surface area contributed by atoms with E-state index in [1.165, 1.54) is 12.1 Å². The molecule has 3 rings (SSSR count). The van der Waals surface area contributed by atoms with E-state index in [9.17, 15) is 13.2 Å². The fourth-order valence-electron chi connectivity index (χ4n) is 2.33. The van der Waals surface area contributed by atoms with Gasteiger partial charge in [-0.05, 0) is 42.5 Å². The van der Waals surface area contributed by atoms with Crippen LogP contribution in [0.5, 0.6) is 11.5 Å². The number of amides is 1. The number of anilines is 1. The number of rotatable bonds is 5. The molecule has 0 bridgehead atoms. The molecule has 0 spiro atoms. The van der Waals surface area contributed by atoms with Crippen LogP contribution in [-0.4, -0.2) is 20.6 Å². The van der Waals surface area contributed by atoms with Gasteiger partial charge in [-0.25, -0.2) is 8.42 Å². The third-order valence-corrected chi connectivity index (χ3v) is 4.71. The van der Waals surface area contributed by atoms with Gasteiger partial charge in [0.2, 0.25) is 0 Å². The lowest BCUT2D eigenvalue weighted by atomic mass is 10.2. The molecule has 0 fully saturated rings. The van der Waals surface area contributed by atoms with Gasteiger partial charge >= 0.3 is 0 Å². The number of carbonyl (C=O) groups excluding carboxylic acids is 1. The summed E-state index contributed by atoms with van der Waals surface area (Å²) in [6, 6.07) is 22.2. The molecule has 1 amide bonds. The van der Waals surface area contributed by atoms with Crippen LogP contribution in [0.25, 0.3) is 0 Å². The van der Waals surface area contributed by atoms with Gasteiger partial charge in [-0.1, -0.05) is 30.3 Å². The van der Waals surface area contributed by atoms with Crippen LogP contribution in [0.2, 0.25) is 0 Å². The zero-order chi connectivity index (χ0) is 18.6. The molecule has 0 saturated heterocycles. The number of ether oxygens (including phenoxy) is 1. The first-order chi connectivity index (χ1) is 12.4. The average Bonchev–Trinajstić information content (AvgIpc) is 2.62. The molecule has 3 aromatic carbocycles. The van der Waals surface area contributed by atoms with Crippen molar-refractivity contribution in [1.29, 1.82) is 0 Å². The SMILES string of the molecule is CS(=O)(=O)c1cccc(C(=O)Nc2cccc(Oc3ccccc3)c2)c1. The predicted octanol–water partition coefficient (Wildman–Crippen LogP) is 4.13. The molecule has 0 aliphatic carbocycles. The molecule has 0 aliphatic rings. The average molecular weight is 367 g/mol. The third-order valence-electron chi connectivity index (χ3n) is 3.60. The molecule has 0 unspecified atom stereocenters. The highest BCUT2D eigenvalue weighted by molar-refractivity contribution is 7.90. The van der Waals surface area contributed by atoms with Crippen molar-refractivity contribution < 1.29 is 17.9 Å². The summed E-state index contributed by atoms with van der Waals surface area (Å²) in [6.45, 7) is 0. The smallest absolute Gasteiger partial charge is 0.255 e. The van der Waals surface area contributed by atoms with E-state index < -0.39 is 15.7 Å². The molecule has 0 saturated carbocycles. The molecule has 26 heavy (non-hydrogen) atoms. The highest BCUT2D eigenvalue weighted by atomic mass is 32.2. The molecule has 0 heterocycles. The molecule has 132 valence electrons. The van der Waals surface area contributed by atoms with Gasteiger partial charge in [0.15, 0.2) is 9.84 Å². The van der Waals surface area contributed by atoms with Gasteiger partial charge in [0.25, 0.3) is 5.91 Å². The summed E-state index contributed by atoms with van der Waals surface area (Å²) in [6.07, 6.45) is 1.11. The summed E-state index contributed by atoms with van der Waals surface area (Å²) in [7, 11) is -3.37. The van der Waals surface area contributed by atoms with Gasteiger partial charge < -0.3 is 10.1 Å². The first-order valence-corrected chi connectivity index (χ1v) is 9.75. The van der Waals surface area contributed by atoms with Gasteiger partial charge in [-0.2, -0.15) is 0 Å². The number of nitrogens with one attached hydrogen (secondary N) is 1. The second-order valence-corrected chi connectivity index (χ2v) is 7.71. The highest BCUT2D eigenvalue weighted by Gasteiger charge is 2.12. The minimum absolute atomic E-state index is 0.103. The summed E-state index contributed by atoms with van der Waals surface area (Å²) < 4.78 is 29.0. The van der Waals surface area contributed by atoms with Crippen LogP contribution in [0.4, 0.5) is 5.69 Å². The maximum Gasteiger partial charge on any atom is 0.255 e. The Hall–Kier alpha value is -3.12. The van der Waals surface area contributed by atoms with Crippen LogP contribution < -0.4 is 10.1 Å². The largest absolute Gasteiger partial charge is 0.457 e. The van der Waals surface area contributed by atoms with Crippen molar-refractivity contribution in [2.75, 3.05) is 11.6 Å². The summed E-state index contributed by atoms with van der Waals surface area (Å²) in [4.78, 5) is 12.5. The standard InChI is InChI=1S/C20H17NO4S/c1-26(23,24)19-12-5-7-15(13-19)20(22)21-16-8-6-11-18(14-16)25-17-9-3-2-4-10-17/h2-14H,1H3,(H,21,22). The number of benzene rings is 3. The zero-order valence-corrected chi connectivity index (χ0v) is 14.9. The Morgan fingerprint density at radius 1 is 0.846 bits per heavy atom. The Labute approximate surface area is 152 Å². The summed E-state index contributed by atoms with van der Waals surface area (Å²) in [5, 5.41) is 2.75. The molecular formula is C20H17NO4S. The second kappa shape index (κ2) is 7.41. The Balaban J connectivity index is 1.77. The third kappa shape index (κ3) is 4.49. The molecule has 0 atom stereocenters. The number of hydrogen-bond donors (Lipinski definition) is 1. The Morgan fingerprint density at radius 3 is 2.27 bits per heavy atom. The zero-order valence-electron chi connectivity index (χ0n) is 14.0. The van der Waals surface area contributed by atoms with Crippen molar-refractivity contribution in [2.24, 2.45) is 0 Å². The van der Waals surface area contributed by atoms with E-state index in [0.29, 0.717) is 17.2 Å². The van der Waals surface area contributed by atoms with E-state index >= 15 is 0 Å². The van der Waals surface area contributed by atoms with Crippen LogP contribution in [0.15, 0.2) is 83.8 Å². The second-order valence-electron chi connectivity index (χ2n) is 5.70. The van der Waals surface area contributed by atoms with Crippen LogP contribution in [0.1, 0.15) is 10.4 Å². The summed E-state index contributed by atoms with van der Waals surface area (Å²) >= 11 is 0. The predicted molar refractivity (Wildman–Crippen MR) is 100 cm³/mol. The van der Waals surface area contributed by atoms with E-state index in [1.807, 2.05) is 30.3 Å². The van der Waals surface area contributed by atoms with Crippen LogP contribution in [0.3, 0.4) is 0 Å². The van der Waals surface area contributed by atoms with Crippen molar-refractivity contribution in [3.8, 4) is 11.5 Å². The van der Waals surface area contributed by atoms with Crippen molar-refractivity contribution >= 4 is 21.4 Å². The van der Waals surface area contributed by atoms with Gasteiger partial charge in [-0.3, -0.25) is 4.79 Å². The number of hydrogen-bond acceptors (Lipinski definition) is 4. The normalized spacial score (nSPS) is 11.0. The van der Waals surface area contributed by atoms with Crippen molar-refractivity contribution in [3.63, 3.8) is 0 Å². The summed E-state index contributed by atoms with van der Waals surface area (Å²) in [5.74, 6) is 0.878. The Morgan fingerprint density at radius 2 is 1.54 bits per heavy atom. The minimum atomic E-state index is -3.37. The van der Waals surface area contributed by atoms with Crippen LogP contribution in [0, 0.1) is 0 Å². The molecule has 1 N–H and O–H groups in total. The van der Waals surface area contributed by atoms with Crippen molar-refractivity contribution in [1.82, 2.24) is 0 Å². The Kier molecular flexibility index (Phi) is 5.04. The minimum Gasteiger partial charge on any atom is -0.457 e. The van der Waals surface area contributed by atoms with E-state index in [-0.39, 0.29) is 10.5 Å². The van der Waals surface area contributed by atoms with Crippen LogP contribution >= 0.6 is 0 Å². The fourth-order valence-corrected chi connectivity index (χ4v) is 3.00. The Bertz CT molecular complexity index is 1030. The van der Waals surface area contributed by atoms with E-state index in [0.717, 1.165) is 6.26 Å². The van der Waals surface area contributed by atoms with Crippen molar-refractivity contribution in [3.05, 3.63) is 84.4 Å². The van der Waals surface area contributed by atoms with E-state index in [2.05, 4.69) is 5.32 Å². The molecule has 0 aliphatic heterocycles. The van der Waals surface area contributed by atoms with E-state index in [1.54, 1.807) is 36.4 Å². The van der Waals surface area contributed by atoms with Gasteiger partial charge in [0.1, 0.15) is 11.5 Å². The lowest BCUT2D eigenvalue weighted by molar-refractivity contribution is 0.102. The molecule has 0 aromatic heterocycles. The fraction of sp³-hybridized carbons (Fsp3) is 0.0500. The number of para-hydroxylation sites is 1. The first-order valence-electron chi connectivity index (χ1n) is 7.86. The molecular weight excluding hydrogens is 350 g/mol. The van der Waals surface area contributed by atoms with Crippen molar-refractivity contribution in [2.45, 2.75) is 4.90 Å². The van der Waals surface area contributed by atoms with Crippen LogP contribution in [-0.2, 0) is 9.84 Å². The lowest BCUT2D eigenvalue weighted by Gasteiger charge is -2.09. The number of carbonyl (C=O) groups is 1. The lowest BCUT2D eigenvalue weighted by Crippen LogP contribution is -2.12. The number of sulfone groups is 1. The monoisotopic (exact) mass is 367 g/mol. The summed E-state index contributed by atoms with van der Waals surface area (Å²) in [5.41, 5.74) is 0.815. The van der Waals surface area contributed by atoms with Gasteiger partial charge in [0, 0.05) is 23.6 Å². The molecule has 6 heteroatoms. The topological polar surface area (TPSA) is 72.5 Å². The quantitative estimate of drug-likeness (QED) is 0.736. The van der Waals surface area contributed by atoms with Gasteiger partial charge in [0.05, 0.1) is 4.90 Å². The molecule has 0 radical (unpaired) electrons. The van der Waals surface area contributed by atoms with Gasteiger partial charge in [-0.15, -0.1) is 0 Å².